The summed E-state index contributed by atoms with van der Waals surface area (Å²) >= 11 is 11.5. The van der Waals surface area contributed by atoms with E-state index in [1.54, 1.807) is 0 Å². The molecule has 0 aliphatic heterocycles. The number of hydrogen-bond donors (Lipinski definition) is 0. The minimum absolute atomic E-state index is 0.864. The molecule has 1 rings (SSSR count). The van der Waals surface area contributed by atoms with Crippen molar-refractivity contribution in [2.45, 2.75) is 13.0 Å². The first kappa shape index (κ1) is 9.11. The van der Waals surface area contributed by atoms with E-state index in [-0.39, 0.29) is 0 Å². The molecule has 0 saturated carbocycles. The highest BCUT2D eigenvalue weighted by Crippen LogP contribution is 2.08. The summed E-state index contributed by atoms with van der Waals surface area (Å²) < 4.78 is 0. The fourth-order valence-corrected chi connectivity index (χ4v) is 2.60. The van der Waals surface area contributed by atoms with Gasteiger partial charge in [0, 0.05) is 0 Å². The largest absolute Gasteiger partial charge is 0.241 e. The maximum atomic E-state index is 5.76. The first-order chi connectivity index (χ1) is 5.18. The fraction of sp³-hybridized carbons (Fsp3) is 0.250. The van der Waals surface area contributed by atoms with Gasteiger partial charge in [0.25, 0.3) is 0 Å². The molecule has 0 aromatic heterocycles. The molecule has 1 aromatic carbocycles. The molecule has 0 aliphatic rings. The van der Waals surface area contributed by atoms with E-state index in [4.69, 9.17) is 22.2 Å². The summed E-state index contributed by atoms with van der Waals surface area (Å²) in [4.78, 5) is 0. The molecule has 0 unspecified atom stereocenters. The number of benzene rings is 1. The topological polar surface area (TPSA) is 0 Å². The Bertz CT molecular complexity index is 218. The number of halogens is 2. The molecule has 1 aromatic rings. The molecule has 0 N–H and O–H groups in total. The van der Waals surface area contributed by atoms with Crippen LogP contribution in [0.25, 0.3) is 0 Å². The molecule has 3 heteroatoms. The molecule has 60 valence electrons. The van der Waals surface area contributed by atoms with Crippen LogP contribution in [-0.2, 0) is 6.04 Å². The van der Waals surface area contributed by atoms with Crippen LogP contribution in [-0.4, -0.2) is 7.42 Å². The van der Waals surface area contributed by atoms with Crippen molar-refractivity contribution in [2.75, 3.05) is 0 Å². The zero-order valence-electron chi connectivity index (χ0n) is 6.35. The van der Waals surface area contributed by atoms with E-state index < -0.39 is 7.42 Å². The Morgan fingerprint density at radius 2 is 1.73 bits per heavy atom. The van der Waals surface area contributed by atoms with Crippen LogP contribution in [0.4, 0.5) is 0 Å². The SMILES string of the molecule is Cc1ccc(C[SiH](Cl)Cl)cc1. The van der Waals surface area contributed by atoms with Gasteiger partial charge in [0.1, 0.15) is 0 Å². The number of aryl methyl sites for hydroxylation is 1. The van der Waals surface area contributed by atoms with E-state index in [1.807, 2.05) is 0 Å². The molecule has 11 heavy (non-hydrogen) atoms. The predicted octanol–water partition coefficient (Wildman–Crippen LogP) is 2.77. The Balaban J connectivity index is 2.66. The van der Waals surface area contributed by atoms with E-state index in [0.717, 1.165) is 6.04 Å². The Kier molecular flexibility index (Phi) is 3.43. The van der Waals surface area contributed by atoms with E-state index in [1.165, 1.54) is 11.1 Å². The summed E-state index contributed by atoms with van der Waals surface area (Å²) in [6, 6.07) is 9.20. The molecule has 0 fully saturated rings. The van der Waals surface area contributed by atoms with E-state index in [2.05, 4.69) is 31.2 Å². The zero-order chi connectivity index (χ0) is 8.27. The summed E-state index contributed by atoms with van der Waals surface area (Å²) in [7, 11) is -1.47. The quantitative estimate of drug-likeness (QED) is 0.514. The first-order valence-electron chi connectivity index (χ1n) is 3.52. The van der Waals surface area contributed by atoms with Gasteiger partial charge in [-0.05, 0) is 18.5 Å². The summed E-state index contributed by atoms with van der Waals surface area (Å²) in [5.74, 6) is 0. The monoisotopic (exact) mass is 204 g/mol. The smallest absolute Gasteiger partial charge is 0.150 e. The molecule has 0 saturated heterocycles. The maximum absolute atomic E-state index is 5.76. The van der Waals surface area contributed by atoms with Crippen LogP contribution in [0, 0.1) is 6.92 Å². The highest BCUT2D eigenvalue weighted by Gasteiger charge is 2.02. The van der Waals surface area contributed by atoms with Gasteiger partial charge in [-0.15, -0.1) is 22.2 Å². The van der Waals surface area contributed by atoms with Gasteiger partial charge in [-0.2, -0.15) is 0 Å². The van der Waals surface area contributed by atoms with Crippen molar-refractivity contribution in [3.63, 3.8) is 0 Å². The summed E-state index contributed by atoms with van der Waals surface area (Å²) in [6.45, 7) is 2.07. The van der Waals surface area contributed by atoms with E-state index >= 15 is 0 Å². The van der Waals surface area contributed by atoms with Gasteiger partial charge in [-0.3, -0.25) is 0 Å². The van der Waals surface area contributed by atoms with Crippen molar-refractivity contribution in [3.05, 3.63) is 35.4 Å². The van der Waals surface area contributed by atoms with E-state index in [9.17, 15) is 0 Å². The van der Waals surface area contributed by atoms with Gasteiger partial charge in [-0.25, -0.2) is 0 Å². The second-order valence-corrected chi connectivity index (χ2v) is 7.60. The third kappa shape index (κ3) is 3.28. The van der Waals surface area contributed by atoms with Crippen LogP contribution in [0.1, 0.15) is 11.1 Å². The highest BCUT2D eigenvalue weighted by atomic mass is 35.7. The van der Waals surface area contributed by atoms with Crippen molar-refractivity contribution in [1.29, 1.82) is 0 Å². The Hall–Kier alpha value is 0.0169. The summed E-state index contributed by atoms with van der Waals surface area (Å²) in [5, 5.41) is 0. The molecule has 0 bridgehead atoms. The third-order valence-corrected chi connectivity index (χ3v) is 3.22. The lowest BCUT2D eigenvalue weighted by Crippen LogP contribution is -1.98. The van der Waals surface area contributed by atoms with Crippen LogP contribution in [0.3, 0.4) is 0 Å². The number of hydrogen-bond acceptors (Lipinski definition) is 0. The van der Waals surface area contributed by atoms with Crippen molar-refractivity contribution < 1.29 is 0 Å². The molecular weight excluding hydrogens is 195 g/mol. The van der Waals surface area contributed by atoms with Crippen LogP contribution in [0.2, 0.25) is 0 Å². The lowest BCUT2D eigenvalue weighted by molar-refractivity contribution is 1.35. The standard InChI is InChI=1S/C8H10Cl2Si/c1-7-2-4-8(5-3-7)6-11(9)10/h2-5,11H,6H2,1H3. The van der Waals surface area contributed by atoms with E-state index in [0.29, 0.717) is 0 Å². The molecule has 0 radical (unpaired) electrons. The van der Waals surface area contributed by atoms with Crippen LogP contribution in [0.15, 0.2) is 24.3 Å². The first-order valence-corrected chi connectivity index (χ1v) is 7.83. The van der Waals surface area contributed by atoms with Crippen molar-refractivity contribution in [2.24, 2.45) is 0 Å². The Morgan fingerprint density at radius 1 is 1.18 bits per heavy atom. The predicted molar refractivity (Wildman–Crippen MR) is 53.7 cm³/mol. The minimum atomic E-state index is -1.47. The summed E-state index contributed by atoms with van der Waals surface area (Å²) in [6.07, 6.45) is 0. The van der Waals surface area contributed by atoms with Crippen LogP contribution < -0.4 is 0 Å². The van der Waals surface area contributed by atoms with Crippen molar-refractivity contribution >= 4 is 29.6 Å². The maximum Gasteiger partial charge on any atom is 0.241 e. The molecule has 0 nitrogen and oxygen atoms in total. The molecular formula is C8H10Cl2Si. The molecule has 0 amide bonds. The average Bonchev–Trinajstić information content (AvgIpc) is 1.93. The minimum Gasteiger partial charge on any atom is -0.150 e. The van der Waals surface area contributed by atoms with Crippen molar-refractivity contribution in [1.82, 2.24) is 0 Å². The second-order valence-electron chi connectivity index (χ2n) is 2.58. The third-order valence-electron chi connectivity index (χ3n) is 1.51. The molecule has 0 atom stereocenters. The lowest BCUT2D eigenvalue weighted by atomic mass is 10.2. The van der Waals surface area contributed by atoms with Gasteiger partial charge < -0.3 is 0 Å². The molecule has 0 spiro atoms. The fourth-order valence-electron chi connectivity index (χ4n) is 0.902. The average molecular weight is 205 g/mol. The normalized spacial score (nSPS) is 10.5. The van der Waals surface area contributed by atoms with Gasteiger partial charge >= 0.3 is 0 Å². The Morgan fingerprint density at radius 3 is 2.18 bits per heavy atom. The highest BCUT2D eigenvalue weighted by molar-refractivity contribution is 7.33. The molecule has 0 heterocycles. The summed E-state index contributed by atoms with van der Waals surface area (Å²) in [5.41, 5.74) is 2.52. The lowest BCUT2D eigenvalue weighted by Gasteiger charge is -1.99. The van der Waals surface area contributed by atoms with Crippen LogP contribution >= 0.6 is 22.2 Å². The van der Waals surface area contributed by atoms with Gasteiger partial charge in [0.05, 0.1) is 0 Å². The molecule has 0 aliphatic carbocycles. The van der Waals surface area contributed by atoms with Crippen LogP contribution in [0.5, 0.6) is 0 Å². The number of rotatable bonds is 2. The Labute approximate surface area is 78.2 Å². The second kappa shape index (κ2) is 4.15. The zero-order valence-corrected chi connectivity index (χ0v) is 9.02. The van der Waals surface area contributed by atoms with Crippen molar-refractivity contribution in [3.8, 4) is 0 Å². The van der Waals surface area contributed by atoms with Gasteiger partial charge in [0.2, 0.25) is 7.42 Å². The van der Waals surface area contributed by atoms with Gasteiger partial charge in [0.15, 0.2) is 0 Å². The van der Waals surface area contributed by atoms with Gasteiger partial charge in [-0.1, -0.05) is 29.8 Å².